The highest BCUT2D eigenvalue weighted by Gasteiger charge is 2.22. The van der Waals surface area contributed by atoms with Crippen molar-refractivity contribution in [2.45, 2.75) is 38.1 Å². The van der Waals surface area contributed by atoms with E-state index in [0.29, 0.717) is 23.2 Å². The lowest BCUT2D eigenvalue weighted by molar-refractivity contribution is -0.115. The number of amides is 1. The summed E-state index contributed by atoms with van der Waals surface area (Å²) < 4.78 is 0. The van der Waals surface area contributed by atoms with E-state index in [1.807, 2.05) is 0 Å². The van der Waals surface area contributed by atoms with E-state index in [2.05, 4.69) is 37.1 Å². The van der Waals surface area contributed by atoms with Gasteiger partial charge in [-0.1, -0.05) is 0 Å². The molecular weight excluding hydrogens is 328 g/mol. The largest absolute Gasteiger partial charge is 0.338 e. The van der Waals surface area contributed by atoms with Gasteiger partial charge in [0.1, 0.15) is 11.2 Å². The summed E-state index contributed by atoms with van der Waals surface area (Å²) in [5.41, 5.74) is 0.695. The second-order valence-corrected chi connectivity index (χ2v) is 6.48. The summed E-state index contributed by atoms with van der Waals surface area (Å²) in [6, 6.07) is 2.07. The Morgan fingerprint density at radius 1 is 1.38 bits per heavy atom. The molecule has 1 N–H and O–H groups in total. The average molecular weight is 347 g/mol. The summed E-state index contributed by atoms with van der Waals surface area (Å²) in [4.78, 5) is 31.2. The van der Waals surface area contributed by atoms with Crippen LogP contribution in [0.1, 0.15) is 26.7 Å². The van der Waals surface area contributed by atoms with Crippen LogP contribution in [0.5, 0.6) is 0 Å². The number of halogens is 1. The first-order chi connectivity index (χ1) is 11.5. The number of nitrogens with zero attached hydrogens (tertiary/aromatic N) is 5. The first-order valence-corrected chi connectivity index (χ1v) is 8.35. The monoisotopic (exact) mass is 346 g/mol. The van der Waals surface area contributed by atoms with Crippen LogP contribution in [0.3, 0.4) is 0 Å². The molecule has 1 aliphatic rings. The van der Waals surface area contributed by atoms with E-state index in [9.17, 15) is 4.79 Å². The van der Waals surface area contributed by atoms with Gasteiger partial charge >= 0.3 is 0 Å². The number of nitrogens with one attached hydrogen (secondary N) is 1. The number of hydrogen-bond acceptors (Lipinski definition) is 6. The van der Waals surface area contributed by atoms with Crippen molar-refractivity contribution in [3.63, 3.8) is 0 Å². The minimum atomic E-state index is -0.631. The molecule has 0 radical (unpaired) electrons. The molecular formula is C16H19ClN6O. The quantitative estimate of drug-likeness (QED) is 0.856. The van der Waals surface area contributed by atoms with Crippen molar-refractivity contribution < 1.29 is 4.79 Å². The van der Waals surface area contributed by atoms with E-state index >= 15 is 0 Å². The second kappa shape index (κ2) is 7.09. The number of hydrogen-bond donors (Lipinski definition) is 1. The Balaban J connectivity index is 1.78. The fraction of sp³-hybridized carbons (Fsp3) is 0.438. The van der Waals surface area contributed by atoms with Crippen molar-refractivity contribution in [2.24, 2.45) is 0 Å². The zero-order valence-corrected chi connectivity index (χ0v) is 14.4. The molecule has 8 heteroatoms. The highest BCUT2D eigenvalue weighted by atomic mass is 35.5. The van der Waals surface area contributed by atoms with Gasteiger partial charge in [-0.25, -0.2) is 19.9 Å². The number of carbonyl (C=O) groups is 1. The lowest BCUT2D eigenvalue weighted by Gasteiger charge is -2.20. The third-order valence-corrected chi connectivity index (χ3v) is 4.17. The van der Waals surface area contributed by atoms with Crippen LogP contribution in [0.4, 0.5) is 11.8 Å². The van der Waals surface area contributed by atoms with Crippen LogP contribution in [0.15, 0.2) is 24.7 Å². The maximum Gasteiger partial charge on any atom is 0.243 e. The van der Waals surface area contributed by atoms with Crippen LogP contribution in [0.25, 0.3) is 11.4 Å². The smallest absolute Gasteiger partial charge is 0.243 e. The summed E-state index contributed by atoms with van der Waals surface area (Å²) in [5.74, 6) is 1.27. The number of alkyl halides is 1. The molecule has 2 aromatic heterocycles. The lowest BCUT2D eigenvalue weighted by Crippen LogP contribution is -2.28. The molecule has 0 aliphatic carbocycles. The fourth-order valence-corrected chi connectivity index (χ4v) is 2.66. The molecule has 0 spiro atoms. The number of aromatic nitrogens is 4. The lowest BCUT2D eigenvalue weighted by atomic mass is 10.2. The maximum atomic E-state index is 11.6. The normalized spacial score (nSPS) is 18.5. The highest BCUT2D eigenvalue weighted by Crippen LogP contribution is 2.23. The van der Waals surface area contributed by atoms with Gasteiger partial charge < -0.3 is 10.2 Å². The molecule has 0 saturated carbocycles. The Morgan fingerprint density at radius 3 is 2.75 bits per heavy atom. The Morgan fingerprint density at radius 2 is 2.12 bits per heavy atom. The fourth-order valence-electron chi connectivity index (χ4n) is 2.61. The molecule has 2 atom stereocenters. The van der Waals surface area contributed by atoms with Crippen molar-refractivity contribution in [1.82, 2.24) is 19.9 Å². The van der Waals surface area contributed by atoms with Gasteiger partial charge in [0.25, 0.3) is 0 Å². The van der Waals surface area contributed by atoms with Crippen LogP contribution in [0.2, 0.25) is 0 Å². The first kappa shape index (κ1) is 16.6. The standard InChI is InChI=1S/C16H19ClN6O/c1-10-4-3-7-23(10)16-19-8-12(9-20-16)14-18-6-5-13(21-14)22-15(24)11(2)17/h5-6,8-11H,3-4,7H2,1-2H3,(H,18,21,22,24)/t10-,11?/m0/s1. The van der Waals surface area contributed by atoms with Gasteiger partial charge in [-0.3, -0.25) is 4.79 Å². The van der Waals surface area contributed by atoms with Crippen LogP contribution in [-0.2, 0) is 4.79 Å². The first-order valence-electron chi connectivity index (χ1n) is 7.91. The average Bonchev–Trinajstić information content (AvgIpc) is 3.01. The van der Waals surface area contributed by atoms with Crippen LogP contribution >= 0.6 is 11.6 Å². The molecule has 1 amide bonds. The van der Waals surface area contributed by atoms with Gasteiger partial charge in [-0.2, -0.15) is 0 Å². The Kier molecular flexibility index (Phi) is 4.89. The molecule has 2 aromatic rings. The molecule has 3 heterocycles. The molecule has 1 unspecified atom stereocenters. The second-order valence-electron chi connectivity index (χ2n) is 5.83. The molecule has 24 heavy (non-hydrogen) atoms. The number of rotatable bonds is 4. The summed E-state index contributed by atoms with van der Waals surface area (Å²) in [6.45, 7) is 4.76. The SMILES string of the molecule is CC(Cl)C(=O)Nc1ccnc(-c2cnc(N3CCC[C@@H]3C)nc2)n1. The zero-order valence-electron chi connectivity index (χ0n) is 13.6. The van der Waals surface area contributed by atoms with Crippen molar-refractivity contribution in [1.29, 1.82) is 0 Å². The third-order valence-electron chi connectivity index (χ3n) is 3.97. The van der Waals surface area contributed by atoms with E-state index in [4.69, 9.17) is 11.6 Å². The van der Waals surface area contributed by atoms with Crippen molar-refractivity contribution in [3.05, 3.63) is 24.7 Å². The van der Waals surface area contributed by atoms with Crippen LogP contribution < -0.4 is 10.2 Å². The summed E-state index contributed by atoms with van der Waals surface area (Å²) >= 11 is 5.75. The minimum absolute atomic E-state index is 0.309. The molecule has 3 rings (SSSR count). The van der Waals surface area contributed by atoms with Gasteiger partial charge in [0, 0.05) is 31.2 Å². The Labute approximate surface area is 145 Å². The summed E-state index contributed by atoms with van der Waals surface area (Å²) in [7, 11) is 0. The summed E-state index contributed by atoms with van der Waals surface area (Å²) in [6.07, 6.45) is 7.31. The van der Waals surface area contributed by atoms with Gasteiger partial charge in [0.2, 0.25) is 11.9 Å². The molecule has 0 bridgehead atoms. The minimum Gasteiger partial charge on any atom is -0.338 e. The third kappa shape index (κ3) is 3.62. The molecule has 1 saturated heterocycles. The predicted molar refractivity (Wildman–Crippen MR) is 93.0 cm³/mol. The van der Waals surface area contributed by atoms with Crippen LogP contribution in [0, 0.1) is 0 Å². The van der Waals surface area contributed by atoms with Crippen LogP contribution in [-0.4, -0.2) is 43.8 Å². The van der Waals surface area contributed by atoms with Gasteiger partial charge in [-0.15, -0.1) is 11.6 Å². The summed E-state index contributed by atoms with van der Waals surface area (Å²) in [5, 5.41) is 2.01. The Hall–Kier alpha value is -2.28. The van der Waals surface area contributed by atoms with E-state index in [-0.39, 0.29) is 5.91 Å². The predicted octanol–water partition coefficient (Wildman–Crippen LogP) is 2.49. The molecule has 0 aromatic carbocycles. The topological polar surface area (TPSA) is 83.9 Å². The van der Waals surface area contributed by atoms with E-state index < -0.39 is 5.38 Å². The molecule has 126 valence electrons. The van der Waals surface area contributed by atoms with E-state index in [1.54, 1.807) is 31.6 Å². The maximum absolute atomic E-state index is 11.6. The number of carbonyl (C=O) groups excluding carboxylic acids is 1. The van der Waals surface area contributed by atoms with Gasteiger partial charge in [0.05, 0.1) is 5.56 Å². The van der Waals surface area contributed by atoms with E-state index in [1.165, 1.54) is 0 Å². The Bertz CT molecular complexity index is 721. The number of anilines is 2. The van der Waals surface area contributed by atoms with Crippen molar-refractivity contribution in [3.8, 4) is 11.4 Å². The molecule has 1 fully saturated rings. The van der Waals surface area contributed by atoms with E-state index in [0.717, 1.165) is 25.3 Å². The van der Waals surface area contributed by atoms with Gasteiger partial charge in [0.15, 0.2) is 5.82 Å². The molecule has 7 nitrogen and oxygen atoms in total. The van der Waals surface area contributed by atoms with Gasteiger partial charge in [-0.05, 0) is 32.8 Å². The van der Waals surface area contributed by atoms with Crippen molar-refractivity contribution >= 4 is 29.3 Å². The highest BCUT2D eigenvalue weighted by molar-refractivity contribution is 6.32. The molecule has 1 aliphatic heterocycles. The van der Waals surface area contributed by atoms with Crippen molar-refractivity contribution in [2.75, 3.05) is 16.8 Å². The zero-order chi connectivity index (χ0) is 17.1.